The molecule has 2 aromatic rings. The lowest BCUT2D eigenvalue weighted by molar-refractivity contribution is -0.144. The Kier molecular flexibility index (Phi) is 5.45. The van der Waals surface area contributed by atoms with E-state index in [2.05, 4.69) is 10.5 Å². The quantitative estimate of drug-likeness (QED) is 0.752. The van der Waals surface area contributed by atoms with E-state index in [0.717, 1.165) is 10.6 Å². The van der Waals surface area contributed by atoms with Crippen molar-refractivity contribution in [2.45, 2.75) is 25.4 Å². The molecule has 10 heteroatoms. The summed E-state index contributed by atoms with van der Waals surface area (Å²) < 4.78 is 11.3. The van der Waals surface area contributed by atoms with Gasteiger partial charge in [-0.3, -0.25) is 9.59 Å². The van der Waals surface area contributed by atoms with Gasteiger partial charge in [0.15, 0.2) is 11.5 Å². The molecule has 5 rings (SSSR count). The average Bonchev–Trinajstić information content (AvgIpc) is 3.53. The first-order valence-electron chi connectivity index (χ1n) is 10.0. The number of nitrogens with zero attached hydrogens (tertiary/aromatic N) is 2. The normalized spacial score (nSPS) is 20.4. The molecule has 1 fully saturated rings. The fraction of sp³-hybridized carbons (Fsp3) is 0.381. The molecule has 0 bridgehead atoms. The van der Waals surface area contributed by atoms with Crippen LogP contribution in [0.3, 0.4) is 0 Å². The molecule has 1 atom stereocenters. The zero-order valence-electron chi connectivity index (χ0n) is 16.5. The van der Waals surface area contributed by atoms with Crippen LogP contribution in [0, 0.1) is 5.92 Å². The Balaban J connectivity index is 1.12. The molecule has 162 valence electrons. The number of halogens is 1. The minimum absolute atomic E-state index is 0.0525. The van der Waals surface area contributed by atoms with Gasteiger partial charge in [-0.25, -0.2) is 0 Å². The van der Waals surface area contributed by atoms with Gasteiger partial charge in [0.1, 0.15) is 5.71 Å². The van der Waals surface area contributed by atoms with Crippen LogP contribution in [-0.4, -0.2) is 48.4 Å². The van der Waals surface area contributed by atoms with Crippen molar-refractivity contribution in [1.29, 1.82) is 0 Å². The maximum atomic E-state index is 12.8. The second-order valence-electron chi connectivity index (χ2n) is 7.60. The fourth-order valence-corrected chi connectivity index (χ4v) is 4.94. The number of oxime groups is 1. The van der Waals surface area contributed by atoms with E-state index in [1.165, 1.54) is 11.3 Å². The summed E-state index contributed by atoms with van der Waals surface area (Å²) in [5, 5.41) is 7.00. The predicted octanol–water partition coefficient (Wildman–Crippen LogP) is 3.50. The van der Waals surface area contributed by atoms with Gasteiger partial charge in [0, 0.05) is 37.2 Å². The number of carbonyl (C=O) groups excluding carboxylic acids is 2. The number of likely N-dealkylation sites (tertiary alicyclic amines) is 1. The smallest absolute Gasteiger partial charge is 0.266 e. The molecule has 3 aliphatic rings. The summed E-state index contributed by atoms with van der Waals surface area (Å²) in [6, 6.07) is 9.01. The first kappa shape index (κ1) is 20.1. The molecular weight excluding hydrogens is 442 g/mol. The summed E-state index contributed by atoms with van der Waals surface area (Å²) in [4.78, 5) is 33.6. The Hall–Kier alpha value is -2.78. The van der Waals surface area contributed by atoms with E-state index >= 15 is 0 Å². The van der Waals surface area contributed by atoms with E-state index in [-0.39, 0.29) is 24.5 Å². The van der Waals surface area contributed by atoms with Gasteiger partial charge in [-0.15, -0.1) is 11.3 Å². The first-order valence-corrected chi connectivity index (χ1v) is 11.2. The maximum absolute atomic E-state index is 12.8. The van der Waals surface area contributed by atoms with E-state index in [9.17, 15) is 9.59 Å². The van der Waals surface area contributed by atoms with Crippen LogP contribution in [0.25, 0.3) is 0 Å². The van der Waals surface area contributed by atoms with E-state index in [0.29, 0.717) is 53.9 Å². The summed E-state index contributed by atoms with van der Waals surface area (Å²) in [5.74, 6) is 1.01. The number of thiophene rings is 1. The maximum Gasteiger partial charge on any atom is 0.266 e. The zero-order chi connectivity index (χ0) is 21.4. The molecule has 1 unspecified atom stereocenters. The largest absolute Gasteiger partial charge is 0.454 e. The third-order valence-electron chi connectivity index (χ3n) is 5.62. The fourth-order valence-electron chi connectivity index (χ4n) is 3.91. The average molecular weight is 462 g/mol. The molecule has 0 spiro atoms. The molecule has 1 aromatic heterocycles. The van der Waals surface area contributed by atoms with Crippen LogP contribution in [0.2, 0.25) is 4.34 Å². The molecule has 0 saturated carbocycles. The Labute approximate surface area is 187 Å². The number of amides is 2. The van der Waals surface area contributed by atoms with Crippen molar-refractivity contribution in [2.24, 2.45) is 11.1 Å². The van der Waals surface area contributed by atoms with Crippen molar-refractivity contribution in [1.82, 2.24) is 4.90 Å². The molecule has 0 aliphatic carbocycles. The lowest BCUT2D eigenvalue weighted by Crippen LogP contribution is -2.45. The number of rotatable bonds is 4. The number of piperidine rings is 1. The Bertz CT molecular complexity index is 1050. The molecule has 3 aliphatic heterocycles. The number of anilines is 1. The molecule has 2 amide bonds. The lowest BCUT2D eigenvalue weighted by Gasteiger charge is -2.32. The van der Waals surface area contributed by atoms with Gasteiger partial charge in [-0.2, -0.15) is 0 Å². The van der Waals surface area contributed by atoms with Crippen LogP contribution in [0.5, 0.6) is 11.5 Å². The molecule has 1 aromatic carbocycles. The van der Waals surface area contributed by atoms with Crippen molar-refractivity contribution in [3.05, 3.63) is 39.5 Å². The topological polar surface area (TPSA) is 89.5 Å². The molecule has 4 heterocycles. The Morgan fingerprint density at radius 1 is 1.13 bits per heavy atom. The van der Waals surface area contributed by atoms with Gasteiger partial charge in [0.05, 0.1) is 9.21 Å². The van der Waals surface area contributed by atoms with E-state index < -0.39 is 6.10 Å². The zero-order valence-corrected chi connectivity index (χ0v) is 18.1. The molecule has 8 nitrogen and oxygen atoms in total. The minimum atomic E-state index is -0.616. The highest BCUT2D eigenvalue weighted by Gasteiger charge is 2.35. The predicted molar refractivity (Wildman–Crippen MR) is 116 cm³/mol. The van der Waals surface area contributed by atoms with Crippen LogP contribution in [0.15, 0.2) is 35.5 Å². The van der Waals surface area contributed by atoms with Gasteiger partial charge in [0.2, 0.25) is 18.8 Å². The number of ether oxygens (including phenoxy) is 2. The van der Waals surface area contributed by atoms with Crippen LogP contribution in [0.4, 0.5) is 5.69 Å². The number of nitrogens with one attached hydrogen (secondary N) is 1. The standard InChI is InChI=1S/C21H20ClN3O5S/c22-19-4-3-18(31-19)14-10-17(30-24-14)21(27)25-7-5-12(6-8-25)20(26)23-13-1-2-15-16(9-13)29-11-28-15/h1-4,9,12,17H,5-8,10-11H2,(H,23,26). The third-order valence-corrected chi connectivity index (χ3v) is 6.90. The number of fused-ring (bicyclic) bond motifs is 1. The van der Waals surface area contributed by atoms with Gasteiger partial charge in [-0.05, 0) is 37.1 Å². The molecule has 1 N–H and O–H groups in total. The van der Waals surface area contributed by atoms with Crippen molar-refractivity contribution in [3.8, 4) is 11.5 Å². The summed E-state index contributed by atoms with van der Waals surface area (Å²) in [6.45, 7) is 1.22. The van der Waals surface area contributed by atoms with Crippen molar-refractivity contribution >= 4 is 46.2 Å². The second kappa shape index (κ2) is 8.39. The number of hydrogen-bond donors (Lipinski definition) is 1. The van der Waals surface area contributed by atoms with E-state index in [1.54, 1.807) is 29.2 Å². The SMILES string of the molecule is O=C(Nc1ccc2c(c1)OCO2)C1CCN(C(=O)C2CC(c3ccc(Cl)s3)=NO2)CC1. The Morgan fingerprint density at radius 3 is 2.71 bits per heavy atom. The number of hydrogen-bond acceptors (Lipinski definition) is 7. The Morgan fingerprint density at radius 2 is 1.94 bits per heavy atom. The number of benzene rings is 1. The summed E-state index contributed by atoms with van der Waals surface area (Å²) >= 11 is 7.39. The van der Waals surface area contributed by atoms with Gasteiger partial charge in [0.25, 0.3) is 5.91 Å². The summed E-state index contributed by atoms with van der Waals surface area (Å²) in [7, 11) is 0. The lowest BCUT2D eigenvalue weighted by atomic mass is 9.95. The highest BCUT2D eigenvalue weighted by Crippen LogP contribution is 2.34. The number of carbonyl (C=O) groups is 2. The minimum Gasteiger partial charge on any atom is -0.454 e. The second-order valence-corrected chi connectivity index (χ2v) is 9.31. The van der Waals surface area contributed by atoms with Gasteiger partial charge < -0.3 is 24.5 Å². The summed E-state index contributed by atoms with van der Waals surface area (Å²) in [5.41, 5.74) is 1.42. The first-order chi connectivity index (χ1) is 15.1. The van der Waals surface area contributed by atoms with Crippen LogP contribution in [-0.2, 0) is 14.4 Å². The van der Waals surface area contributed by atoms with Crippen molar-refractivity contribution in [3.63, 3.8) is 0 Å². The van der Waals surface area contributed by atoms with Crippen LogP contribution >= 0.6 is 22.9 Å². The summed E-state index contributed by atoms with van der Waals surface area (Å²) in [6.07, 6.45) is 1.02. The van der Waals surface area contributed by atoms with Crippen LogP contribution < -0.4 is 14.8 Å². The van der Waals surface area contributed by atoms with Crippen molar-refractivity contribution < 1.29 is 23.9 Å². The van der Waals surface area contributed by atoms with Gasteiger partial charge >= 0.3 is 0 Å². The molecule has 31 heavy (non-hydrogen) atoms. The third kappa shape index (κ3) is 4.20. The highest BCUT2D eigenvalue weighted by molar-refractivity contribution is 7.18. The molecular formula is C21H20ClN3O5S. The van der Waals surface area contributed by atoms with E-state index in [1.807, 2.05) is 6.07 Å². The van der Waals surface area contributed by atoms with E-state index in [4.69, 9.17) is 25.9 Å². The highest BCUT2D eigenvalue weighted by atomic mass is 35.5. The molecule has 0 radical (unpaired) electrons. The molecule has 1 saturated heterocycles. The van der Waals surface area contributed by atoms with Gasteiger partial charge in [-0.1, -0.05) is 16.8 Å². The monoisotopic (exact) mass is 461 g/mol. The van der Waals surface area contributed by atoms with Crippen LogP contribution in [0.1, 0.15) is 24.1 Å². The van der Waals surface area contributed by atoms with Crippen molar-refractivity contribution in [2.75, 3.05) is 25.2 Å².